The van der Waals surface area contributed by atoms with Crippen molar-refractivity contribution < 1.29 is 9.53 Å². The minimum atomic E-state index is -0.318. The molecule has 0 saturated heterocycles. The van der Waals surface area contributed by atoms with Crippen molar-refractivity contribution in [2.75, 3.05) is 0 Å². The van der Waals surface area contributed by atoms with E-state index in [4.69, 9.17) is 4.74 Å². The van der Waals surface area contributed by atoms with Crippen LogP contribution in [0.2, 0.25) is 0 Å². The average Bonchev–Trinajstić information content (AvgIpc) is 2.48. The molecule has 2 rings (SSSR count). The van der Waals surface area contributed by atoms with Crippen LogP contribution in [0.5, 0.6) is 0 Å². The smallest absolute Gasteiger partial charge is 0.407 e. The fourth-order valence-corrected chi connectivity index (χ4v) is 2.85. The minimum Gasteiger partial charge on any atom is -0.445 e. The van der Waals surface area contributed by atoms with Crippen LogP contribution >= 0.6 is 0 Å². The van der Waals surface area contributed by atoms with Crippen molar-refractivity contribution in [1.29, 1.82) is 0 Å². The summed E-state index contributed by atoms with van der Waals surface area (Å²) in [5, 5.41) is 6.56. The van der Waals surface area contributed by atoms with E-state index in [1.54, 1.807) is 0 Å². The summed E-state index contributed by atoms with van der Waals surface area (Å²) in [7, 11) is 0. The molecular formula is C17H26N2O2. The molecule has 1 aliphatic rings. The van der Waals surface area contributed by atoms with Crippen molar-refractivity contribution in [3.05, 3.63) is 35.9 Å². The van der Waals surface area contributed by atoms with Gasteiger partial charge < -0.3 is 15.4 Å². The van der Waals surface area contributed by atoms with Crippen molar-refractivity contribution in [3.63, 3.8) is 0 Å². The predicted molar refractivity (Wildman–Crippen MR) is 84.1 cm³/mol. The summed E-state index contributed by atoms with van der Waals surface area (Å²) in [6.45, 7) is 4.60. The van der Waals surface area contributed by atoms with Crippen molar-refractivity contribution in [1.82, 2.24) is 10.6 Å². The first kappa shape index (κ1) is 15.8. The molecule has 21 heavy (non-hydrogen) atoms. The van der Waals surface area contributed by atoms with Crippen molar-refractivity contribution in [2.24, 2.45) is 0 Å². The number of rotatable bonds is 5. The van der Waals surface area contributed by atoms with E-state index in [2.05, 4.69) is 24.5 Å². The Morgan fingerprint density at radius 1 is 1.19 bits per heavy atom. The second-order valence-corrected chi connectivity index (χ2v) is 6.02. The number of hydrogen-bond donors (Lipinski definition) is 2. The molecule has 1 aromatic rings. The zero-order chi connectivity index (χ0) is 15.1. The van der Waals surface area contributed by atoms with Gasteiger partial charge >= 0.3 is 6.09 Å². The summed E-state index contributed by atoms with van der Waals surface area (Å²) in [5.74, 6) is 0. The molecule has 1 saturated carbocycles. The topological polar surface area (TPSA) is 50.4 Å². The molecule has 0 bridgehead atoms. The van der Waals surface area contributed by atoms with Crippen molar-refractivity contribution >= 4 is 6.09 Å². The summed E-state index contributed by atoms with van der Waals surface area (Å²) in [5.41, 5.74) is 1.01. The Bertz CT molecular complexity index is 434. The van der Waals surface area contributed by atoms with Crippen LogP contribution in [0.25, 0.3) is 0 Å². The summed E-state index contributed by atoms with van der Waals surface area (Å²) < 4.78 is 5.31. The van der Waals surface area contributed by atoms with Gasteiger partial charge in [-0.05, 0) is 18.4 Å². The van der Waals surface area contributed by atoms with Crippen LogP contribution in [-0.2, 0) is 11.3 Å². The van der Waals surface area contributed by atoms with Gasteiger partial charge in [0.25, 0.3) is 0 Å². The maximum atomic E-state index is 12.0. The van der Waals surface area contributed by atoms with Crippen molar-refractivity contribution in [2.45, 2.75) is 64.3 Å². The van der Waals surface area contributed by atoms with E-state index in [9.17, 15) is 4.79 Å². The van der Waals surface area contributed by atoms with Gasteiger partial charge in [0.05, 0.1) is 0 Å². The maximum absolute atomic E-state index is 12.0. The van der Waals surface area contributed by atoms with Crippen LogP contribution in [0, 0.1) is 0 Å². The predicted octanol–water partition coefficient (Wildman–Crippen LogP) is 3.22. The fourth-order valence-electron chi connectivity index (χ4n) is 2.85. The Morgan fingerprint density at radius 2 is 1.86 bits per heavy atom. The van der Waals surface area contributed by atoms with E-state index in [-0.39, 0.29) is 12.1 Å². The third-order valence-electron chi connectivity index (χ3n) is 3.83. The number of carbonyl (C=O) groups excluding carboxylic acids is 1. The van der Waals surface area contributed by atoms with Gasteiger partial charge in [-0.1, -0.05) is 57.0 Å². The molecule has 0 aromatic heterocycles. The van der Waals surface area contributed by atoms with Gasteiger partial charge in [0.2, 0.25) is 0 Å². The van der Waals surface area contributed by atoms with Crippen LogP contribution < -0.4 is 10.6 Å². The third kappa shape index (κ3) is 5.38. The molecule has 2 atom stereocenters. The van der Waals surface area contributed by atoms with E-state index in [1.165, 1.54) is 12.8 Å². The summed E-state index contributed by atoms with van der Waals surface area (Å²) >= 11 is 0. The molecule has 0 heterocycles. The zero-order valence-electron chi connectivity index (χ0n) is 13.0. The molecule has 1 fully saturated rings. The maximum Gasteiger partial charge on any atom is 0.407 e. The first-order chi connectivity index (χ1) is 10.1. The number of hydrogen-bond acceptors (Lipinski definition) is 3. The van der Waals surface area contributed by atoms with E-state index in [1.807, 2.05) is 30.3 Å². The molecule has 0 aliphatic heterocycles. The Labute approximate surface area is 127 Å². The van der Waals surface area contributed by atoms with Crippen molar-refractivity contribution in [3.8, 4) is 0 Å². The first-order valence-corrected chi connectivity index (χ1v) is 7.88. The molecule has 116 valence electrons. The second-order valence-electron chi connectivity index (χ2n) is 6.02. The van der Waals surface area contributed by atoms with Gasteiger partial charge in [-0.2, -0.15) is 0 Å². The summed E-state index contributed by atoms with van der Waals surface area (Å²) in [6.07, 6.45) is 4.20. The lowest BCUT2D eigenvalue weighted by atomic mass is 9.90. The van der Waals surface area contributed by atoms with Crippen LogP contribution in [0.1, 0.15) is 45.1 Å². The molecule has 1 amide bonds. The Hall–Kier alpha value is -1.55. The van der Waals surface area contributed by atoms with Gasteiger partial charge in [0.15, 0.2) is 0 Å². The standard InChI is InChI=1S/C17H26N2O2/c1-13(2)18-15-10-6-7-11-16(15)19-17(20)21-12-14-8-4-3-5-9-14/h3-5,8-9,13,15-16,18H,6-7,10-12H2,1-2H3,(H,19,20)/t15-,16+/m1/s1. The van der Waals surface area contributed by atoms with E-state index in [0.29, 0.717) is 18.7 Å². The molecule has 1 aromatic carbocycles. The minimum absolute atomic E-state index is 0.171. The summed E-state index contributed by atoms with van der Waals surface area (Å²) in [4.78, 5) is 12.0. The van der Waals surface area contributed by atoms with Crippen LogP contribution in [0.4, 0.5) is 4.79 Å². The number of carbonyl (C=O) groups is 1. The van der Waals surface area contributed by atoms with Gasteiger partial charge in [0, 0.05) is 18.1 Å². The highest BCUT2D eigenvalue weighted by molar-refractivity contribution is 5.67. The quantitative estimate of drug-likeness (QED) is 0.875. The number of amides is 1. The van der Waals surface area contributed by atoms with Crippen LogP contribution in [0.3, 0.4) is 0 Å². The Balaban J connectivity index is 1.80. The van der Waals surface area contributed by atoms with Crippen LogP contribution in [-0.4, -0.2) is 24.2 Å². The fraction of sp³-hybridized carbons (Fsp3) is 0.588. The highest BCUT2D eigenvalue weighted by Gasteiger charge is 2.27. The lowest BCUT2D eigenvalue weighted by molar-refractivity contribution is 0.128. The van der Waals surface area contributed by atoms with Gasteiger partial charge in [-0.15, -0.1) is 0 Å². The normalized spacial score (nSPS) is 22.0. The summed E-state index contributed by atoms with van der Waals surface area (Å²) in [6, 6.07) is 10.7. The lowest BCUT2D eigenvalue weighted by Crippen LogP contribution is -2.53. The second kappa shape index (κ2) is 8.03. The molecule has 1 aliphatic carbocycles. The molecule has 2 N–H and O–H groups in total. The number of nitrogens with one attached hydrogen (secondary N) is 2. The van der Waals surface area contributed by atoms with E-state index >= 15 is 0 Å². The van der Waals surface area contributed by atoms with Gasteiger partial charge in [-0.25, -0.2) is 4.79 Å². The highest BCUT2D eigenvalue weighted by atomic mass is 16.5. The monoisotopic (exact) mass is 290 g/mol. The molecule has 0 radical (unpaired) electrons. The molecule has 0 spiro atoms. The number of ether oxygens (including phenoxy) is 1. The van der Waals surface area contributed by atoms with Gasteiger partial charge in [-0.3, -0.25) is 0 Å². The van der Waals surface area contributed by atoms with E-state index < -0.39 is 0 Å². The lowest BCUT2D eigenvalue weighted by Gasteiger charge is -2.33. The molecular weight excluding hydrogens is 264 g/mol. The number of alkyl carbamates (subject to hydrolysis) is 1. The average molecular weight is 290 g/mol. The highest BCUT2D eigenvalue weighted by Crippen LogP contribution is 2.19. The molecule has 0 unspecified atom stereocenters. The Kier molecular flexibility index (Phi) is 6.05. The first-order valence-electron chi connectivity index (χ1n) is 7.88. The molecule has 4 nitrogen and oxygen atoms in total. The third-order valence-corrected chi connectivity index (χ3v) is 3.83. The SMILES string of the molecule is CC(C)N[C@@H]1CCCC[C@@H]1NC(=O)OCc1ccccc1. The van der Waals surface area contributed by atoms with Gasteiger partial charge in [0.1, 0.15) is 6.61 Å². The Morgan fingerprint density at radius 3 is 2.52 bits per heavy atom. The number of benzene rings is 1. The largest absolute Gasteiger partial charge is 0.445 e. The zero-order valence-corrected chi connectivity index (χ0v) is 13.0. The van der Waals surface area contributed by atoms with Crippen LogP contribution in [0.15, 0.2) is 30.3 Å². The molecule has 4 heteroatoms. The van der Waals surface area contributed by atoms with E-state index in [0.717, 1.165) is 18.4 Å².